The lowest BCUT2D eigenvalue weighted by Crippen LogP contribution is -2.39. The Kier molecular flexibility index (Phi) is 3.58. The van der Waals surface area contributed by atoms with Gasteiger partial charge in [-0.15, -0.1) is 0 Å². The van der Waals surface area contributed by atoms with E-state index in [2.05, 4.69) is 15.5 Å². The number of rotatable bonds is 4. The van der Waals surface area contributed by atoms with Gasteiger partial charge < -0.3 is 15.6 Å². The van der Waals surface area contributed by atoms with Gasteiger partial charge in [0.15, 0.2) is 5.82 Å². The number of aromatic nitrogens is 2. The van der Waals surface area contributed by atoms with Crippen molar-refractivity contribution in [2.75, 3.05) is 6.54 Å². The maximum atomic E-state index is 11.0. The van der Waals surface area contributed by atoms with Gasteiger partial charge in [0.25, 0.3) is 0 Å². The molecule has 1 unspecified atom stereocenters. The van der Waals surface area contributed by atoms with Crippen molar-refractivity contribution in [1.82, 2.24) is 15.5 Å². The van der Waals surface area contributed by atoms with E-state index in [1.807, 2.05) is 0 Å². The molecule has 0 aliphatic rings. The fraction of sp³-hybridized carbons (Fsp3) is 0.625. The van der Waals surface area contributed by atoms with E-state index in [1.54, 1.807) is 13.8 Å². The standard InChI is InChI=1S/C8H14N4O2/c1-5(9)8(13)10-4-3-7-11-6(2)12-14-7/h5H,3-4,9H2,1-2H3,(H,10,13). The maximum absolute atomic E-state index is 11.0. The lowest BCUT2D eigenvalue weighted by atomic mass is 10.3. The first-order chi connectivity index (χ1) is 6.59. The summed E-state index contributed by atoms with van der Waals surface area (Å²) in [5.41, 5.74) is 5.36. The predicted octanol–water partition coefficient (Wildman–Crippen LogP) is -0.616. The average molecular weight is 198 g/mol. The zero-order chi connectivity index (χ0) is 10.6. The van der Waals surface area contributed by atoms with Crippen LogP contribution in [0.1, 0.15) is 18.6 Å². The molecule has 78 valence electrons. The Balaban J connectivity index is 2.25. The third-order valence-electron chi connectivity index (χ3n) is 1.62. The Morgan fingerprint density at radius 1 is 1.71 bits per heavy atom. The Labute approximate surface area is 81.9 Å². The van der Waals surface area contributed by atoms with E-state index in [4.69, 9.17) is 10.3 Å². The van der Waals surface area contributed by atoms with Crippen LogP contribution in [-0.2, 0) is 11.2 Å². The molecule has 0 radical (unpaired) electrons. The smallest absolute Gasteiger partial charge is 0.236 e. The van der Waals surface area contributed by atoms with Crippen LogP contribution in [0.25, 0.3) is 0 Å². The summed E-state index contributed by atoms with van der Waals surface area (Å²) in [6.07, 6.45) is 0.527. The first-order valence-corrected chi connectivity index (χ1v) is 4.42. The fourth-order valence-electron chi connectivity index (χ4n) is 0.895. The molecule has 0 aliphatic heterocycles. The van der Waals surface area contributed by atoms with Gasteiger partial charge in [-0.25, -0.2) is 0 Å². The summed E-state index contributed by atoms with van der Waals surface area (Å²) in [5, 5.41) is 6.27. The molecule has 1 rings (SSSR count). The van der Waals surface area contributed by atoms with Gasteiger partial charge in [0.2, 0.25) is 11.8 Å². The van der Waals surface area contributed by atoms with Gasteiger partial charge in [-0.1, -0.05) is 5.16 Å². The number of aryl methyl sites for hydroxylation is 1. The van der Waals surface area contributed by atoms with Crippen LogP contribution in [0.15, 0.2) is 4.52 Å². The summed E-state index contributed by atoms with van der Waals surface area (Å²) >= 11 is 0. The fourth-order valence-corrected chi connectivity index (χ4v) is 0.895. The summed E-state index contributed by atoms with van der Waals surface area (Å²) in [6.45, 7) is 3.84. The van der Waals surface area contributed by atoms with Crippen molar-refractivity contribution in [2.45, 2.75) is 26.3 Å². The van der Waals surface area contributed by atoms with Gasteiger partial charge in [-0.2, -0.15) is 4.98 Å². The Morgan fingerprint density at radius 2 is 2.43 bits per heavy atom. The predicted molar refractivity (Wildman–Crippen MR) is 49.4 cm³/mol. The lowest BCUT2D eigenvalue weighted by Gasteiger charge is -2.05. The van der Waals surface area contributed by atoms with E-state index in [0.29, 0.717) is 24.7 Å². The highest BCUT2D eigenvalue weighted by Crippen LogP contribution is 1.95. The van der Waals surface area contributed by atoms with Crippen molar-refractivity contribution in [2.24, 2.45) is 5.73 Å². The van der Waals surface area contributed by atoms with Gasteiger partial charge >= 0.3 is 0 Å². The minimum absolute atomic E-state index is 0.179. The topological polar surface area (TPSA) is 94.0 Å². The van der Waals surface area contributed by atoms with E-state index >= 15 is 0 Å². The molecule has 0 aromatic carbocycles. The number of amides is 1. The second-order valence-electron chi connectivity index (χ2n) is 3.07. The van der Waals surface area contributed by atoms with Gasteiger partial charge in [0.05, 0.1) is 6.04 Å². The molecule has 0 saturated carbocycles. The number of nitrogens with zero attached hydrogens (tertiary/aromatic N) is 2. The van der Waals surface area contributed by atoms with Gasteiger partial charge in [0.1, 0.15) is 0 Å². The van der Waals surface area contributed by atoms with Crippen LogP contribution >= 0.6 is 0 Å². The van der Waals surface area contributed by atoms with Gasteiger partial charge in [-0.3, -0.25) is 4.79 Å². The van der Waals surface area contributed by atoms with Crippen LogP contribution in [0.3, 0.4) is 0 Å². The van der Waals surface area contributed by atoms with E-state index in [1.165, 1.54) is 0 Å². The van der Waals surface area contributed by atoms with E-state index in [-0.39, 0.29) is 5.91 Å². The molecule has 6 heteroatoms. The van der Waals surface area contributed by atoms with Gasteiger partial charge in [-0.05, 0) is 13.8 Å². The Hall–Kier alpha value is -1.43. The first kappa shape index (κ1) is 10.6. The minimum atomic E-state index is -0.487. The molecule has 1 aromatic heterocycles. The average Bonchev–Trinajstić information content (AvgIpc) is 2.51. The van der Waals surface area contributed by atoms with E-state index in [0.717, 1.165) is 0 Å². The zero-order valence-corrected chi connectivity index (χ0v) is 8.28. The van der Waals surface area contributed by atoms with Crippen LogP contribution in [-0.4, -0.2) is 28.6 Å². The first-order valence-electron chi connectivity index (χ1n) is 4.42. The normalized spacial score (nSPS) is 12.5. The van der Waals surface area contributed by atoms with Crippen molar-refractivity contribution in [1.29, 1.82) is 0 Å². The molecule has 1 atom stereocenters. The molecule has 1 aromatic rings. The molecular weight excluding hydrogens is 184 g/mol. The molecule has 0 spiro atoms. The van der Waals surface area contributed by atoms with E-state index < -0.39 is 6.04 Å². The Bertz CT molecular complexity index is 308. The second-order valence-corrected chi connectivity index (χ2v) is 3.07. The van der Waals surface area contributed by atoms with Crippen molar-refractivity contribution in [3.05, 3.63) is 11.7 Å². The van der Waals surface area contributed by atoms with Crippen LogP contribution in [0.4, 0.5) is 0 Å². The molecule has 6 nitrogen and oxygen atoms in total. The molecule has 0 saturated heterocycles. The second kappa shape index (κ2) is 4.71. The summed E-state index contributed by atoms with van der Waals surface area (Å²) in [4.78, 5) is 15.0. The number of nitrogens with one attached hydrogen (secondary N) is 1. The summed E-state index contributed by atoms with van der Waals surface area (Å²) in [5.74, 6) is 0.937. The molecule has 1 heterocycles. The monoisotopic (exact) mass is 198 g/mol. The van der Waals surface area contributed by atoms with Crippen molar-refractivity contribution in [3.63, 3.8) is 0 Å². The SMILES string of the molecule is Cc1noc(CCNC(=O)C(C)N)n1. The van der Waals surface area contributed by atoms with Crippen LogP contribution in [0.2, 0.25) is 0 Å². The molecule has 14 heavy (non-hydrogen) atoms. The third kappa shape index (κ3) is 3.14. The van der Waals surface area contributed by atoms with Crippen molar-refractivity contribution in [3.8, 4) is 0 Å². The van der Waals surface area contributed by atoms with Crippen molar-refractivity contribution < 1.29 is 9.32 Å². The number of carbonyl (C=O) groups is 1. The number of carbonyl (C=O) groups excluding carboxylic acids is 1. The van der Waals surface area contributed by atoms with Crippen LogP contribution in [0.5, 0.6) is 0 Å². The molecule has 1 amide bonds. The summed E-state index contributed by atoms with van der Waals surface area (Å²) in [6, 6.07) is -0.487. The third-order valence-corrected chi connectivity index (χ3v) is 1.62. The zero-order valence-electron chi connectivity index (χ0n) is 8.28. The summed E-state index contributed by atoms with van der Waals surface area (Å²) < 4.78 is 4.86. The maximum Gasteiger partial charge on any atom is 0.236 e. The largest absolute Gasteiger partial charge is 0.354 e. The Morgan fingerprint density at radius 3 is 2.93 bits per heavy atom. The van der Waals surface area contributed by atoms with Crippen molar-refractivity contribution >= 4 is 5.91 Å². The molecule has 3 N–H and O–H groups in total. The highest BCUT2D eigenvalue weighted by Gasteiger charge is 2.07. The van der Waals surface area contributed by atoms with Crippen LogP contribution in [0, 0.1) is 6.92 Å². The minimum Gasteiger partial charge on any atom is -0.354 e. The molecular formula is C8H14N4O2. The van der Waals surface area contributed by atoms with Crippen LogP contribution < -0.4 is 11.1 Å². The molecule has 0 bridgehead atoms. The number of nitrogens with two attached hydrogens (primary N) is 1. The quantitative estimate of drug-likeness (QED) is 0.672. The highest BCUT2D eigenvalue weighted by atomic mass is 16.5. The highest BCUT2D eigenvalue weighted by molar-refractivity contribution is 5.80. The summed E-state index contributed by atoms with van der Waals surface area (Å²) in [7, 11) is 0. The molecule has 0 fully saturated rings. The van der Waals surface area contributed by atoms with E-state index in [9.17, 15) is 4.79 Å². The number of hydrogen-bond acceptors (Lipinski definition) is 5. The number of hydrogen-bond donors (Lipinski definition) is 2. The lowest BCUT2D eigenvalue weighted by molar-refractivity contribution is -0.121. The van der Waals surface area contributed by atoms with Gasteiger partial charge in [0, 0.05) is 13.0 Å². The molecule has 0 aliphatic carbocycles.